The maximum atomic E-state index is 12.3. The number of ether oxygens (including phenoxy) is 2. The summed E-state index contributed by atoms with van der Waals surface area (Å²) in [5.74, 6) is 2.21. The third-order valence-corrected chi connectivity index (χ3v) is 4.48. The van der Waals surface area contributed by atoms with Crippen molar-refractivity contribution in [3.8, 4) is 17.2 Å². The molecule has 0 radical (unpaired) electrons. The summed E-state index contributed by atoms with van der Waals surface area (Å²) in [4.78, 5) is 12.3. The van der Waals surface area contributed by atoms with Gasteiger partial charge in [-0.05, 0) is 55.7 Å². The van der Waals surface area contributed by atoms with Crippen LogP contribution in [0.2, 0.25) is 0 Å². The molecule has 1 aliphatic rings. The van der Waals surface area contributed by atoms with Gasteiger partial charge in [-0.3, -0.25) is 4.79 Å². The summed E-state index contributed by atoms with van der Waals surface area (Å²) in [7, 11) is 1.62. The second kappa shape index (κ2) is 9.46. The van der Waals surface area contributed by atoms with Gasteiger partial charge in [0.05, 0.1) is 7.11 Å². The standard InChI is InChI=1S/C20H24N2O3.ClH/c1-24-18-6-3-7-19(13-18)25-17-10-8-16(9-11-17)22-20(23)14-4-2-5-15(21)12-14;/h3,6-11,13-15H,2,4-5,12,21H2,1H3,(H,22,23);1H/t14-,15+;/m1./s1. The molecule has 0 aromatic heterocycles. The first-order valence-electron chi connectivity index (χ1n) is 8.62. The molecular weight excluding hydrogens is 352 g/mol. The van der Waals surface area contributed by atoms with Crippen molar-refractivity contribution < 1.29 is 14.3 Å². The van der Waals surface area contributed by atoms with Gasteiger partial charge in [0.25, 0.3) is 0 Å². The second-order valence-corrected chi connectivity index (χ2v) is 6.42. The molecule has 0 spiro atoms. The van der Waals surface area contributed by atoms with Crippen molar-refractivity contribution in [3.63, 3.8) is 0 Å². The van der Waals surface area contributed by atoms with Gasteiger partial charge in [0.15, 0.2) is 0 Å². The van der Waals surface area contributed by atoms with E-state index in [1.54, 1.807) is 7.11 Å². The molecule has 1 amide bonds. The van der Waals surface area contributed by atoms with Crippen molar-refractivity contribution in [2.75, 3.05) is 12.4 Å². The van der Waals surface area contributed by atoms with Crippen LogP contribution in [-0.4, -0.2) is 19.1 Å². The highest BCUT2D eigenvalue weighted by atomic mass is 35.5. The molecule has 1 fully saturated rings. The minimum atomic E-state index is 0. The van der Waals surface area contributed by atoms with Crippen LogP contribution < -0.4 is 20.5 Å². The van der Waals surface area contributed by atoms with Crippen LogP contribution in [0.25, 0.3) is 0 Å². The van der Waals surface area contributed by atoms with E-state index in [-0.39, 0.29) is 30.3 Å². The number of rotatable bonds is 5. The molecule has 0 bridgehead atoms. The number of carbonyl (C=O) groups is 1. The lowest BCUT2D eigenvalue weighted by molar-refractivity contribution is -0.120. The molecule has 2 aromatic rings. The number of hydrogen-bond acceptors (Lipinski definition) is 4. The number of hydrogen-bond donors (Lipinski definition) is 2. The van der Waals surface area contributed by atoms with E-state index in [9.17, 15) is 4.79 Å². The molecule has 3 rings (SSSR count). The number of amides is 1. The van der Waals surface area contributed by atoms with E-state index >= 15 is 0 Å². The molecule has 26 heavy (non-hydrogen) atoms. The van der Waals surface area contributed by atoms with Gasteiger partial charge < -0.3 is 20.5 Å². The molecule has 1 saturated carbocycles. The average molecular weight is 377 g/mol. The van der Waals surface area contributed by atoms with E-state index < -0.39 is 0 Å². The lowest BCUT2D eigenvalue weighted by Crippen LogP contribution is -2.34. The van der Waals surface area contributed by atoms with Crippen LogP contribution in [0.4, 0.5) is 5.69 Å². The Balaban J connectivity index is 0.00000243. The number of nitrogens with two attached hydrogens (primary N) is 1. The van der Waals surface area contributed by atoms with Gasteiger partial charge in [-0.15, -0.1) is 12.4 Å². The van der Waals surface area contributed by atoms with E-state index in [0.717, 1.165) is 37.1 Å². The number of anilines is 1. The summed E-state index contributed by atoms with van der Waals surface area (Å²) < 4.78 is 11.0. The van der Waals surface area contributed by atoms with Gasteiger partial charge >= 0.3 is 0 Å². The number of benzene rings is 2. The first kappa shape index (κ1) is 20.1. The Morgan fingerprint density at radius 3 is 2.50 bits per heavy atom. The largest absolute Gasteiger partial charge is 0.497 e. The Morgan fingerprint density at radius 1 is 1.08 bits per heavy atom. The Kier molecular flexibility index (Phi) is 7.30. The number of halogens is 1. The molecule has 0 aliphatic heterocycles. The molecule has 140 valence electrons. The molecular formula is C20H25ClN2O3. The van der Waals surface area contributed by atoms with Gasteiger partial charge in [0, 0.05) is 23.7 Å². The van der Waals surface area contributed by atoms with Crippen molar-refractivity contribution >= 4 is 24.0 Å². The van der Waals surface area contributed by atoms with Crippen LogP contribution in [0.15, 0.2) is 48.5 Å². The molecule has 3 N–H and O–H groups in total. The van der Waals surface area contributed by atoms with Crippen molar-refractivity contribution in [2.45, 2.75) is 31.7 Å². The SMILES string of the molecule is COc1cccc(Oc2ccc(NC(=O)[C@@H]3CCC[C@H](N)C3)cc2)c1.Cl. The summed E-state index contributed by atoms with van der Waals surface area (Å²) >= 11 is 0. The Bertz CT molecular complexity index is 721. The predicted molar refractivity (Wildman–Crippen MR) is 105 cm³/mol. The van der Waals surface area contributed by atoms with Crippen molar-refractivity contribution in [3.05, 3.63) is 48.5 Å². The van der Waals surface area contributed by atoms with Gasteiger partial charge in [-0.1, -0.05) is 12.5 Å². The lowest BCUT2D eigenvalue weighted by Gasteiger charge is -2.25. The normalized spacial score (nSPS) is 19.2. The first-order chi connectivity index (χ1) is 12.1. The molecule has 2 aromatic carbocycles. The molecule has 0 heterocycles. The highest BCUT2D eigenvalue weighted by Gasteiger charge is 2.25. The molecule has 5 nitrogen and oxygen atoms in total. The zero-order valence-electron chi connectivity index (χ0n) is 14.8. The third kappa shape index (κ3) is 5.38. The van der Waals surface area contributed by atoms with Crippen molar-refractivity contribution in [1.82, 2.24) is 0 Å². The summed E-state index contributed by atoms with van der Waals surface area (Å²) in [6, 6.07) is 14.9. The average Bonchev–Trinajstić information content (AvgIpc) is 2.63. The van der Waals surface area contributed by atoms with Crippen LogP contribution in [0.1, 0.15) is 25.7 Å². The minimum absolute atomic E-state index is 0. The molecule has 0 unspecified atom stereocenters. The number of carbonyl (C=O) groups excluding carboxylic acids is 1. The lowest BCUT2D eigenvalue weighted by atomic mass is 9.85. The van der Waals surface area contributed by atoms with Crippen LogP contribution in [0.5, 0.6) is 17.2 Å². The topological polar surface area (TPSA) is 73.6 Å². The second-order valence-electron chi connectivity index (χ2n) is 6.42. The smallest absolute Gasteiger partial charge is 0.227 e. The minimum Gasteiger partial charge on any atom is -0.497 e. The zero-order chi connectivity index (χ0) is 17.6. The van der Waals surface area contributed by atoms with Gasteiger partial charge in [-0.2, -0.15) is 0 Å². The Morgan fingerprint density at radius 2 is 1.81 bits per heavy atom. The molecule has 1 aliphatic carbocycles. The van der Waals surface area contributed by atoms with Crippen LogP contribution in [-0.2, 0) is 4.79 Å². The highest BCUT2D eigenvalue weighted by Crippen LogP contribution is 2.27. The van der Waals surface area contributed by atoms with Crippen molar-refractivity contribution in [1.29, 1.82) is 0 Å². The van der Waals surface area contributed by atoms with Gasteiger partial charge in [0.2, 0.25) is 5.91 Å². The highest BCUT2D eigenvalue weighted by molar-refractivity contribution is 5.92. The van der Waals surface area contributed by atoms with E-state index in [1.807, 2.05) is 48.5 Å². The van der Waals surface area contributed by atoms with Gasteiger partial charge in [0.1, 0.15) is 17.2 Å². The fourth-order valence-electron chi connectivity index (χ4n) is 3.12. The number of methoxy groups -OCH3 is 1. The van der Waals surface area contributed by atoms with Crippen LogP contribution in [0.3, 0.4) is 0 Å². The van der Waals surface area contributed by atoms with E-state index in [1.165, 1.54) is 0 Å². The van der Waals surface area contributed by atoms with E-state index in [2.05, 4.69) is 5.32 Å². The summed E-state index contributed by atoms with van der Waals surface area (Å²) in [5, 5.41) is 2.97. The molecule has 0 saturated heterocycles. The van der Waals surface area contributed by atoms with Crippen LogP contribution >= 0.6 is 12.4 Å². The molecule has 6 heteroatoms. The zero-order valence-corrected chi connectivity index (χ0v) is 15.6. The maximum absolute atomic E-state index is 12.3. The fraction of sp³-hybridized carbons (Fsp3) is 0.350. The maximum Gasteiger partial charge on any atom is 0.227 e. The van der Waals surface area contributed by atoms with E-state index in [4.69, 9.17) is 15.2 Å². The van der Waals surface area contributed by atoms with Crippen LogP contribution in [0, 0.1) is 5.92 Å². The third-order valence-electron chi connectivity index (χ3n) is 4.48. The predicted octanol–water partition coefficient (Wildman–Crippen LogP) is 4.37. The molecule has 2 atom stereocenters. The first-order valence-corrected chi connectivity index (χ1v) is 8.62. The monoisotopic (exact) mass is 376 g/mol. The Labute approximate surface area is 160 Å². The summed E-state index contributed by atoms with van der Waals surface area (Å²) in [5.41, 5.74) is 6.73. The fourth-order valence-corrected chi connectivity index (χ4v) is 3.12. The van der Waals surface area contributed by atoms with Gasteiger partial charge in [-0.25, -0.2) is 0 Å². The summed E-state index contributed by atoms with van der Waals surface area (Å²) in [6.07, 6.45) is 3.71. The Hall–Kier alpha value is -2.24. The van der Waals surface area contributed by atoms with E-state index in [0.29, 0.717) is 11.5 Å². The number of nitrogens with one attached hydrogen (secondary N) is 1. The quantitative estimate of drug-likeness (QED) is 0.812. The summed E-state index contributed by atoms with van der Waals surface area (Å²) in [6.45, 7) is 0. The van der Waals surface area contributed by atoms with Crippen molar-refractivity contribution in [2.24, 2.45) is 11.7 Å².